The highest BCUT2D eigenvalue weighted by Crippen LogP contribution is 2.34. The number of rotatable bonds is 9. The van der Waals surface area contributed by atoms with Gasteiger partial charge in [-0.25, -0.2) is 9.97 Å². The molecule has 204 valence electrons. The lowest BCUT2D eigenvalue weighted by molar-refractivity contribution is 0.291. The third-order valence-corrected chi connectivity index (χ3v) is 7.17. The molecule has 9 nitrogen and oxygen atoms in total. The Balaban J connectivity index is 1.48. The number of pyridine rings is 1. The molecule has 0 unspecified atom stereocenters. The van der Waals surface area contributed by atoms with E-state index in [0.717, 1.165) is 71.2 Å². The summed E-state index contributed by atoms with van der Waals surface area (Å²) in [6.07, 6.45) is 4.31. The quantitative estimate of drug-likeness (QED) is 0.342. The van der Waals surface area contributed by atoms with E-state index in [1.54, 1.807) is 14.2 Å². The van der Waals surface area contributed by atoms with Crippen molar-refractivity contribution in [3.05, 3.63) is 60.4 Å². The number of aliphatic hydroxyl groups excluding tert-OH is 1. The van der Waals surface area contributed by atoms with Crippen LogP contribution in [0.1, 0.15) is 12.0 Å². The van der Waals surface area contributed by atoms with Crippen molar-refractivity contribution in [2.75, 3.05) is 70.4 Å². The first-order valence-electron chi connectivity index (χ1n) is 13.3. The van der Waals surface area contributed by atoms with Gasteiger partial charge in [0.05, 0.1) is 37.1 Å². The van der Waals surface area contributed by atoms with Crippen molar-refractivity contribution in [1.29, 1.82) is 0 Å². The van der Waals surface area contributed by atoms with Crippen LogP contribution in [0.5, 0.6) is 11.5 Å². The molecule has 1 N–H and O–H groups in total. The summed E-state index contributed by atoms with van der Waals surface area (Å²) in [5.74, 6) is 2.43. The highest BCUT2D eigenvalue weighted by atomic mass is 16.5. The van der Waals surface area contributed by atoms with Crippen molar-refractivity contribution < 1.29 is 14.6 Å². The molecule has 39 heavy (non-hydrogen) atoms. The molecule has 1 aliphatic heterocycles. The Labute approximate surface area is 229 Å². The summed E-state index contributed by atoms with van der Waals surface area (Å²) < 4.78 is 11.0. The Morgan fingerprint density at radius 1 is 0.872 bits per heavy atom. The third kappa shape index (κ3) is 5.89. The number of piperazine rings is 1. The van der Waals surface area contributed by atoms with Gasteiger partial charge in [-0.2, -0.15) is 0 Å². The fourth-order valence-electron chi connectivity index (χ4n) is 4.95. The summed E-state index contributed by atoms with van der Waals surface area (Å²) in [6.45, 7) is 6.85. The molecular weight excluding hydrogens is 492 g/mol. The largest absolute Gasteiger partial charge is 0.497 e. The van der Waals surface area contributed by atoms with Crippen molar-refractivity contribution in [2.45, 2.75) is 13.3 Å². The molecular formula is C30H36N6O3. The van der Waals surface area contributed by atoms with Gasteiger partial charge in [0.25, 0.3) is 0 Å². The van der Waals surface area contributed by atoms with E-state index >= 15 is 0 Å². The zero-order chi connectivity index (χ0) is 27.4. The monoisotopic (exact) mass is 528 g/mol. The number of hydrogen-bond acceptors (Lipinski definition) is 9. The summed E-state index contributed by atoms with van der Waals surface area (Å²) in [5, 5.41) is 9.57. The molecule has 0 radical (unpaired) electrons. The van der Waals surface area contributed by atoms with E-state index in [-0.39, 0.29) is 6.61 Å². The number of aryl methyl sites for hydroxylation is 1. The van der Waals surface area contributed by atoms with Crippen molar-refractivity contribution in [1.82, 2.24) is 19.9 Å². The molecule has 3 heterocycles. The highest BCUT2D eigenvalue weighted by Gasteiger charge is 2.18. The maximum Gasteiger partial charge on any atom is 0.131 e. The Bertz CT molecular complexity index is 1420. The molecule has 2 aromatic heterocycles. The number of methoxy groups -OCH3 is 2. The zero-order valence-corrected chi connectivity index (χ0v) is 23.1. The minimum absolute atomic E-state index is 0.0889. The van der Waals surface area contributed by atoms with Gasteiger partial charge in [0.1, 0.15) is 17.3 Å². The van der Waals surface area contributed by atoms with Crippen LogP contribution in [0.25, 0.3) is 22.3 Å². The van der Waals surface area contributed by atoms with E-state index in [9.17, 15) is 5.11 Å². The predicted octanol–water partition coefficient (Wildman–Crippen LogP) is 4.29. The number of benzene rings is 2. The Morgan fingerprint density at radius 3 is 2.28 bits per heavy atom. The maximum absolute atomic E-state index is 9.57. The minimum Gasteiger partial charge on any atom is -0.497 e. The first kappa shape index (κ1) is 26.6. The molecule has 0 amide bonds. The lowest BCUT2D eigenvalue weighted by atomic mass is 10.1. The Morgan fingerprint density at radius 2 is 1.62 bits per heavy atom. The van der Waals surface area contributed by atoms with Gasteiger partial charge in [-0.15, -0.1) is 0 Å². The number of anilines is 3. The number of aromatic nitrogens is 3. The van der Waals surface area contributed by atoms with E-state index in [2.05, 4.69) is 34.7 Å². The second-order valence-corrected chi connectivity index (χ2v) is 9.88. The Hall–Kier alpha value is -3.95. The second-order valence-electron chi connectivity index (χ2n) is 9.88. The summed E-state index contributed by atoms with van der Waals surface area (Å²) >= 11 is 0. The van der Waals surface area contributed by atoms with E-state index < -0.39 is 0 Å². The van der Waals surface area contributed by atoms with E-state index in [1.165, 1.54) is 0 Å². The van der Waals surface area contributed by atoms with Crippen LogP contribution in [-0.4, -0.2) is 85.6 Å². The van der Waals surface area contributed by atoms with Crippen molar-refractivity contribution in [3.63, 3.8) is 0 Å². The number of aliphatic hydroxyl groups is 1. The second kappa shape index (κ2) is 11.8. The van der Waals surface area contributed by atoms with Gasteiger partial charge in [-0.1, -0.05) is 0 Å². The van der Waals surface area contributed by atoms with Crippen molar-refractivity contribution in [2.24, 2.45) is 0 Å². The summed E-state index contributed by atoms with van der Waals surface area (Å²) in [4.78, 5) is 21.3. The van der Waals surface area contributed by atoms with Gasteiger partial charge in [0, 0.05) is 80.7 Å². The number of hydrogen-bond donors (Lipinski definition) is 1. The zero-order valence-electron chi connectivity index (χ0n) is 23.1. The van der Waals surface area contributed by atoms with E-state index in [0.29, 0.717) is 24.5 Å². The SMILES string of the molecule is COc1cc(OC)cc(N(CCCO)c2ccc3ncc(-c4cnc(N5CCN(C)CC5)c(C)c4)nc3c2)c1. The maximum atomic E-state index is 9.57. The van der Waals surface area contributed by atoms with Crippen LogP contribution >= 0.6 is 0 Å². The van der Waals surface area contributed by atoms with Gasteiger partial charge in [-0.3, -0.25) is 4.98 Å². The van der Waals surface area contributed by atoms with Crippen LogP contribution in [-0.2, 0) is 0 Å². The molecule has 0 saturated carbocycles. The van der Waals surface area contributed by atoms with Gasteiger partial charge in [0.15, 0.2) is 0 Å². The topological polar surface area (TPSA) is 87.1 Å². The molecule has 1 saturated heterocycles. The lowest BCUT2D eigenvalue weighted by Crippen LogP contribution is -2.45. The molecule has 0 bridgehead atoms. The standard InChI is InChI=1S/C30H36N6O3/c1-21-14-22(19-32-30(21)35-11-9-34(2)10-12-35)29-20-31-27-7-6-23(17-28(27)33-29)36(8-5-13-37)24-15-25(38-3)18-26(16-24)39-4/h6-7,14-20,37H,5,8-13H2,1-4H3. The van der Waals surface area contributed by atoms with Crippen LogP contribution in [0.2, 0.25) is 0 Å². The van der Waals surface area contributed by atoms with E-state index in [4.69, 9.17) is 24.4 Å². The first-order valence-corrected chi connectivity index (χ1v) is 13.3. The molecule has 1 aliphatic rings. The van der Waals surface area contributed by atoms with Gasteiger partial charge in [0.2, 0.25) is 0 Å². The molecule has 0 aliphatic carbocycles. The molecule has 2 aromatic carbocycles. The highest BCUT2D eigenvalue weighted by molar-refractivity contribution is 5.83. The average Bonchev–Trinajstić information content (AvgIpc) is 2.97. The van der Waals surface area contributed by atoms with Crippen molar-refractivity contribution >= 4 is 28.2 Å². The number of likely N-dealkylation sites (N-methyl/N-ethyl adjacent to an activating group) is 1. The average molecular weight is 529 g/mol. The van der Waals surface area contributed by atoms with E-state index in [1.807, 2.05) is 48.8 Å². The normalized spacial score (nSPS) is 14.0. The smallest absolute Gasteiger partial charge is 0.131 e. The summed E-state index contributed by atoms with van der Waals surface area (Å²) in [7, 11) is 5.43. The van der Waals surface area contributed by atoms with Crippen LogP contribution in [0.3, 0.4) is 0 Å². The number of nitrogens with zero attached hydrogens (tertiary/aromatic N) is 6. The molecule has 4 aromatic rings. The molecule has 0 spiro atoms. The van der Waals surface area contributed by atoms with Gasteiger partial charge < -0.3 is 29.3 Å². The first-order chi connectivity index (χ1) is 19.0. The molecule has 1 fully saturated rings. The lowest BCUT2D eigenvalue weighted by Gasteiger charge is -2.34. The fourth-order valence-corrected chi connectivity index (χ4v) is 4.95. The molecule has 5 rings (SSSR count). The van der Waals surface area contributed by atoms with Crippen LogP contribution in [0.15, 0.2) is 54.9 Å². The fraction of sp³-hybridized carbons (Fsp3) is 0.367. The summed E-state index contributed by atoms with van der Waals surface area (Å²) in [6, 6.07) is 14.0. The third-order valence-electron chi connectivity index (χ3n) is 7.17. The van der Waals surface area contributed by atoms with Crippen LogP contribution in [0, 0.1) is 6.92 Å². The predicted molar refractivity (Wildman–Crippen MR) is 155 cm³/mol. The summed E-state index contributed by atoms with van der Waals surface area (Å²) in [5.41, 5.74) is 6.31. The van der Waals surface area contributed by atoms with Gasteiger partial charge in [-0.05, 0) is 50.2 Å². The number of fused-ring (bicyclic) bond motifs is 1. The Kier molecular flexibility index (Phi) is 8.09. The minimum atomic E-state index is 0.0889. The van der Waals surface area contributed by atoms with Gasteiger partial charge >= 0.3 is 0 Å². The molecule has 0 atom stereocenters. The molecule has 9 heteroatoms. The van der Waals surface area contributed by atoms with Crippen LogP contribution < -0.4 is 19.3 Å². The number of ether oxygens (including phenoxy) is 2. The van der Waals surface area contributed by atoms with Crippen LogP contribution in [0.4, 0.5) is 17.2 Å². The van der Waals surface area contributed by atoms with Crippen molar-refractivity contribution in [3.8, 4) is 22.8 Å².